The highest BCUT2D eigenvalue weighted by molar-refractivity contribution is 6.39. The van der Waals surface area contributed by atoms with Gasteiger partial charge in [0.1, 0.15) is 5.82 Å². The van der Waals surface area contributed by atoms with Crippen molar-refractivity contribution in [1.29, 1.82) is 0 Å². The van der Waals surface area contributed by atoms with Gasteiger partial charge in [-0.2, -0.15) is 0 Å². The Morgan fingerprint density at radius 1 is 1.12 bits per heavy atom. The van der Waals surface area contributed by atoms with Gasteiger partial charge < -0.3 is 5.73 Å². The molecule has 0 saturated heterocycles. The van der Waals surface area contributed by atoms with E-state index in [1.165, 1.54) is 18.2 Å². The molecule has 81 valence electrons. The number of benzene rings is 2. The monoisotopic (exact) mass is 254 g/mol. The highest BCUT2D eigenvalue weighted by Crippen LogP contribution is 2.33. The third-order valence-corrected chi connectivity index (χ3v) is 2.78. The van der Waals surface area contributed by atoms with Crippen LogP contribution in [0.5, 0.6) is 0 Å². The second-order valence-corrected chi connectivity index (χ2v) is 4.09. The van der Waals surface area contributed by atoms with Crippen LogP contribution in [0, 0.1) is 11.9 Å². The van der Waals surface area contributed by atoms with Crippen LogP contribution in [0.15, 0.2) is 30.3 Å². The van der Waals surface area contributed by atoms with Gasteiger partial charge in [-0.25, -0.2) is 4.39 Å². The number of hydrogen-bond acceptors (Lipinski definition) is 1. The Labute approximate surface area is 103 Å². The molecular weight excluding hydrogens is 248 g/mol. The second-order valence-electron chi connectivity index (χ2n) is 3.27. The van der Waals surface area contributed by atoms with Gasteiger partial charge in [0, 0.05) is 0 Å². The molecule has 0 atom stereocenters. The number of halogens is 3. The SMILES string of the molecule is Nc1c(Cl)cc(-c2[c]ccc(F)c2)cc1Cl. The first-order valence-electron chi connectivity index (χ1n) is 4.50. The fourth-order valence-corrected chi connectivity index (χ4v) is 1.83. The molecule has 0 aliphatic carbocycles. The fourth-order valence-electron chi connectivity index (χ4n) is 1.35. The first-order valence-corrected chi connectivity index (χ1v) is 5.25. The average molecular weight is 255 g/mol. The van der Waals surface area contributed by atoms with Crippen LogP contribution in [0.3, 0.4) is 0 Å². The molecule has 4 heteroatoms. The first kappa shape index (κ1) is 11.2. The summed E-state index contributed by atoms with van der Waals surface area (Å²) >= 11 is 11.8. The molecule has 0 spiro atoms. The van der Waals surface area contributed by atoms with Crippen LogP contribution in [0.4, 0.5) is 10.1 Å². The van der Waals surface area contributed by atoms with Gasteiger partial charge in [-0.3, -0.25) is 0 Å². The largest absolute Gasteiger partial charge is 0.396 e. The summed E-state index contributed by atoms with van der Waals surface area (Å²) in [7, 11) is 0. The van der Waals surface area contributed by atoms with E-state index >= 15 is 0 Å². The molecule has 0 amide bonds. The lowest BCUT2D eigenvalue weighted by molar-refractivity contribution is 0.628. The van der Waals surface area contributed by atoms with E-state index in [0.717, 1.165) is 0 Å². The minimum Gasteiger partial charge on any atom is -0.396 e. The van der Waals surface area contributed by atoms with Crippen molar-refractivity contribution < 1.29 is 4.39 Å². The molecule has 0 fully saturated rings. The van der Waals surface area contributed by atoms with Crippen LogP contribution >= 0.6 is 23.2 Å². The zero-order valence-corrected chi connectivity index (χ0v) is 9.61. The number of nitrogen functional groups attached to an aromatic ring is 1. The summed E-state index contributed by atoms with van der Waals surface area (Å²) in [6.45, 7) is 0. The van der Waals surface area contributed by atoms with Gasteiger partial charge in [-0.1, -0.05) is 29.3 Å². The minimum atomic E-state index is -0.335. The van der Waals surface area contributed by atoms with E-state index in [1.807, 2.05) is 0 Å². The predicted molar refractivity (Wildman–Crippen MR) is 65.1 cm³/mol. The summed E-state index contributed by atoms with van der Waals surface area (Å²) in [5.41, 5.74) is 7.20. The van der Waals surface area contributed by atoms with Crippen LogP contribution in [0.25, 0.3) is 11.1 Å². The van der Waals surface area contributed by atoms with Crippen molar-refractivity contribution in [3.8, 4) is 11.1 Å². The number of hydrogen-bond donors (Lipinski definition) is 1. The van der Waals surface area contributed by atoms with E-state index in [1.54, 1.807) is 12.1 Å². The summed E-state index contributed by atoms with van der Waals surface area (Å²) in [5, 5.41) is 0.695. The van der Waals surface area contributed by atoms with Crippen LogP contribution < -0.4 is 5.73 Å². The van der Waals surface area contributed by atoms with Gasteiger partial charge in [0.05, 0.1) is 15.7 Å². The summed E-state index contributed by atoms with van der Waals surface area (Å²) in [6.07, 6.45) is 0. The zero-order valence-electron chi connectivity index (χ0n) is 8.10. The lowest BCUT2D eigenvalue weighted by atomic mass is 10.1. The van der Waals surface area contributed by atoms with Crippen molar-refractivity contribution >= 4 is 28.9 Å². The van der Waals surface area contributed by atoms with Gasteiger partial charge >= 0.3 is 0 Å². The van der Waals surface area contributed by atoms with E-state index in [4.69, 9.17) is 28.9 Å². The Bertz CT molecular complexity index is 517. The second kappa shape index (κ2) is 4.32. The smallest absolute Gasteiger partial charge is 0.123 e. The molecule has 0 bridgehead atoms. The van der Waals surface area contributed by atoms with E-state index in [2.05, 4.69) is 6.07 Å². The fraction of sp³-hybridized carbons (Fsp3) is 0. The van der Waals surface area contributed by atoms with Crippen molar-refractivity contribution in [2.45, 2.75) is 0 Å². The van der Waals surface area contributed by atoms with Crippen LogP contribution in [-0.2, 0) is 0 Å². The van der Waals surface area contributed by atoms with Crippen LogP contribution in [0.1, 0.15) is 0 Å². The van der Waals surface area contributed by atoms with Crippen LogP contribution in [0.2, 0.25) is 10.0 Å². The molecule has 1 radical (unpaired) electrons. The minimum absolute atomic E-state index is 0.323. The molecule has 2 rings (SSSR count). The summed E-state index contributed by atoms with van der Waals surface area (Å²) in [6, 6.07) is 10.4. The maximum atomic E-state index is 13.0. The molecule has 1 nitrogen and oxygen atoms in total. The highest BCUT2D eigenvalue weighted by atomic mass is 35.5. The molecule has 2 N–H and O–H groups in total. The standard InChI is InChI=1S/C12H7Cl2FN/c13-10-5-8(6-11(14)12(10)16)7-2-1-3-9(15)4-7/h1,3-6H,16H2. The molecule has 0 unspecified atom stereocenters. The third kappa shape index (κ3) is 2.13. The lowest BCUT2D eigenvalue weighted by Gasteiger charge is -2.06. The molecule has 0 aromatic heterocycles. The first-order chi connectivity index (χ1) is 7.58. The summed E-state index contributed by atoms with van der Waals surface area (Å²) in [4.78, 5) is 0. The Kier molecular flexibility index (Phi) is 3.03. The highest BCUT2D eigenvalue weighted by Gasteiger charge is 2.07. The Morgan fingerprint density at radius 2 is 1.75 bits per heavy atom. The maximum absolute atomic E-state index is 13.0. The van der Waals surface area contributed by atoms with Crippen LogP contribution in [-0.4, -0.2) is 0 Å². The van der Waals surface area contributed by atoms with E-state index in [9.17, 15) is 4.39 Å². The van der Waals surface area contributed by atoms with Gasteiger partial charge in [0.25, 0.3) is 0 Å². The molecule has 2 aromatic rings. The van der Waals surface area contributed by atoms with E-state index in [-0.39, 0.29) is 5.82 Å². The number of nitrogens with two attached hydrogens (primary N) is 1. The normalized spacial score (nSPS) is 10.4. The van der Waals surface area contributed by atoms with Gasteiger partial charge in [0.2, 0.25) is 0 Å². The zero-order chi connectivity index (χ0) is 11.7. The van der Waals surface area contributed by atoms with E-state index < -0.39 is 0 Å². The molecule has 0 heterocycles. The third-order valence-electron chi connectivity index (χ3n) is 2.15. The summed E-state index contributed by atoms with van der Waals surface area (Å²) in [5.74, 6) is -0.335. The molecule has 0 aliphatic heterocycles. The van der Waals surface area contributed by atoms with Crippen molar-refractivity contribution in [2.75, 3.05) is 5.73 Å². The number of anilines is 1. The molecule has 0 aliphatic rings. The molecular formula is C12H7Cl2FN. The number of rotatable bonds is 1. The molecule has 0 saturated carbocycles. The summed E-state index contributed by atoms with van der Waals surface area (Å²) < 4.78 is 13.0. The lowest BCUT2D eigenvalue weighted by Crippen LogP contribution is -1.89. The topological polar surface area (TPSA) is 26.0 Å². The predicted octanol–water partition coefficient (Wildman–Crippen LogP) is 4.18. The average Bonchev–Trinajstić information content (AvgIpc) is 2.25. The Balaban J connectivity index is 2.57. The van der Waals surface area contributed by atoms with E-state index in [0.29, 0.717) is 26.9 Å². The van der Waals surface area contributed by atoms with Gasteiger partial charge in [0.15, 0.2) is 0 Å². The van der Waals surface area contributed by atoms with Crippen molar-refractivity contribution in [3.63, 3.8) is 0 Å². The molecule has 16 heavy (non-hydrogen) atoms. The van der Waals surface area contributed by atoms with Crippen molar-refractivity contribution in [3.05, 3.63) is 52.3 Å². The molecule has 2 aromatic carbocycles. The maximum Gasteiger partial charge on any atom is 0.123 e. The van der Waals surface area contributed by atoms with Gasteiger partial charge in [-0.15, -0.1) is 0 Å². The quantitative estimate of drug-likeness (QED) is 0.760. The Morgan fingerprint density at radius 3 is 2.31 bits per heavy atom. The Hall–Kier alpha value is -1.25. The van der Waals surface area contributed by atoms with Crippen molar-refractivity contribution in [2.24, 2.45) is 0 Å². The van der Waals surface area contributed by atoms with Gasteiger partial charge in [-0.05, 0) is 41.5 Å². The van der Waals surface area contributed by atoms with Crippen molar-refractivity contribution in [1.82, 2.24) is 0 Å².